The number of halogens is 7. The lowest BCUT2D eigenvalue weighted by molar-refractivity contribution is -0.276. The van der Waals surface area contributed by atoms with E-state index in [-0.39, 0.29) is 16.0 Å². The summed E-state index contributed by atoms with van der Waals surface area (Å²) in [6.45, 7) is 0. The molecule has 1 aromatic heterocycles. The third-order valence-corrected chi connectivity index (χ3v) is 2.61. The summed E-state index contributed by atoms with van der Waals surface area (Å²) in [6, 6.07) is 0.815. The topological polar surface area (TPSA) is 22.1 Å². The van der Waals surface area contributed by atoms with Crippen molar-refractivity contribution in [3.63, 3.8) is 0 Å². The van der Waals surface area contributed by atoms with Crippen molar-refractivity contribution in [2.75, 3.05) is 0 Å². The normalized spacial score (nSPS) is 12.0. The minimum Gasteiger partial charge on any atom is -0.387 e. The van der Waals surface area contributed by atoms with E-state index >= 15 is 0 Å². The second kappa shape index (κ2) is 5.34. The van der Waals surface area contributed by atoms with Crippen LogP contribution in [0.25, 0.3) is 0 Å². The van der Waals surface area contributed by atoms with Crippen molar-refractivity contribution in [3.05, 3.63) is 21.8 Å². The maximum atomic E-state index is 12.5. The molecular formula is C8H4BrClF5NO. The van der Waals surface area contributed by atoms with Crippen LogP contribution in [0.5, 0.6) is 5.88 Å². The first-order valence-electron chi connectivity index (χ1n) is 4.03. The SMILES string of the molecule is FC(F)c1cc(CCl)c(Br)nc1OC(F)(F)F. The van der Waals surface area contributed by atoms with Gasteiger partial charge in [0.2, 0.25) is 5.88 Å². The van der Waals surface area contributed by atoms with Gasteiger partial charge in [0, 0.05) is 5.56 Å². The second-order valence-electron chi connectivity index (χ2n) is 2.81. The number of alkyl halides is 6. The first-order valence-corrected chi connectivity index (χ1v) is 5.36. The molecule has 1 aromatic rings. The predicted molar refractivity (Wildman–Crippen MR) is 53.1 cm³/mol. The Balaban J connectivity index is 3.23. The molecule has 0 saturated heterocycles. The van der Waals surface area contributed by atoms with Crippen molar-refractivity contribution in [2.45, 2.75) is 18.7 Å². The number of ether oxygens (including phenoxy) is 1. The molecule has 1 rings (SSSR count). The van der Waals surface area contributed by atoms with Crippen molar-refractivity contribution in [1.29, 1.82) is 0 Å². The molecule has 2 nitrogen and oxygen atoms in total. The van der Waals surface area contributed by atoms with Crippen LogP contribution in [0.3, 0.4) is 0 Å². The lowest BCUT2D eigenvalue weighted by Gasteiger charge is -2.13. The summed E-state index contributed by atoms with van der Waals surface area (Å²) >= 11 is 8.23. The highest BCUT2D eigenvalue weighted by Gasteiger charge is 2.34. The van der Waals surface area contributed by atoms with E-state index in [0.29, 0.717) is 0 Å². The number of hydrogen-bond donors (Lipinski definition) is 0. The summed E-state index contributed by atoms with van der Waals surface area (Å²) in [6.07, 6.45) is -8.23. The van der Waals surface area contributed by atoms with E-state index in [1.165, 1.54) is 0 Å². The van der Waals surface area contributed by atoms with Crippen molar-refractivity contribution in [2.24, 2.45) is 0 Å². The van der Waals surface area contributed by atoms with Crippen molar-refractivity contribution in [3.8, 4) is 5.88 Å². The summed E-state index contributed by atoms with van der Waals surface area (Å²) in [5.41, 5.74) is -0.808. The van der Waals surface area contributed by atoms with E-state index in [1.807, 2.05) is 0 Å². The summed E-state index contributed by atoms with van der Waals surface area (Å²) < 4.78 is 64.2. The van der Waals surface area contributed by atoms with Crippen LogP contribution in [-0.4, -0.2) is 11.3 Å². The fourth-order valence-corrected chi connectivity index (χ4v) is 1.76. The molecule has 0 N–H and O–H groups in total. The van der Waals surface area contributed by atoms with E-state index in [0.717, 1.165) is 6.07 Å². The van der Waals surface area contributed by atoms with Gasteiger partial charge in [-0.2, -0.15) is 0 Å². The fourth-order valence-electron chi connectivity index (χ4n) is 0.976. The number of pyridine rings is 1. The van der Waals surface area contributed by atoms with Crippen LogP contribution >= 0.6 is 27.5 Å². The Labute approximate surface area is 106 Å². The zero-order valence-corrected chi connectivity index (χ0v) is 10.2. The van der Waals surface area contributed by atoms with Gasteiger partial charge in [0.05, 0.1) is 11.4 Å². The third-order valence-electron chi connectivity index (χ3n) is 1.63. The summed E-state index contributed by atoms with van der Waals surface area (Å²) in [7, 11) is 0. The van der Waals surface area contributed by atoms with Crippen LogP contribution in [0.2, 0.25) is 0 Å². The maximum Gasteiger partial charge on any atom is 0.574 e. The van der Waals surface area contributed by atoms with Gasteiger partial charge in [-0.1, -0.05) is 0 Å². The molecule has 0 atom stereocenters. The third kappa shape index (κ3) is 3.95. The molecule has 0 radical (unpaired) electrons. The van der Waals surface area contributed by atoms with Gasteiger partial charge in [-0.05, 0) is 22.0 Å². The maximum absolute atomic E-state index is 12.5. The molecule has 0 bridgehead atoms. The predicted octanol–water partition coefficient (Wildman–Crippen LogP) is 4.42. The van der Waals surface area contributed by atoms with Crippen LogP contribution < -0.4 is 4.74 Å². The minimum atomic E-state index is -5.08. The molecule has 96 valence electrons. The number of nitrogens with zero attached hydrogens (tertiary/aromatic N) is 1. The Bertz CT molecular complexity index is 412. The molecule has 17 heavy (non-hydrogen) atoms. The standard InChI is InChI=1S/C8H4BrClF5NO/c9-5-3(2-10)1-4(6(11)12)7(16-5)17-8(13,14)15/h1,6H,2H2. The first-order chi connectivity index (χ1) is 7.74. The Morgan fingerprint density at radius 1 is 1.41 bits per heavy atom. The van der Waals surface area contributed by atoms with Gasteiger partial charge in [-0.3, -0.25) is 0 Å². The molecule has 0 fully saturated rings. The molecule has 9 heteroatoms. The van der Waals surface area contributed by atoms with Crippen LogP contribution in [0.15, 0.2) is 10.7 Å². The van der Waals surface area contributed by atoms with E-state index in [9.17, 15) is 22.0 Å². The van der Waals surface area contributed by atoms with Crippen LogP contribution in [-0.2, 0) is 5.88 Å². The molecule has 1 heterocycles. The monoisotopic (exact) mass is 339 g/mol. The van der Waals surface area contributed by atoms with Gasteiger partial charge in [0.1, 0.15) is 4.60 Å². The molecule has 0 aliphatic rings. The largest absolute Gasteiger partial charge is 0.574 e. The Hall–Kier alpha value is -0.630. The molecular weight excluding hydrogens is 336 g/mol. The Morgan fingerprint density at radius 3 is 2.41 bits per heavy atom. The molecule has 0 aliphatic carbocycles. The first kappa shape index (κ1) is 14.4. The van der Waals surface area contributed by atoms with E-state index < -0.39 is 24.2 Å². The van der Waals surface area contributed by atoms with E-state index in [2.05, 4.69) is 25.7 Å². The van der Waals surface area contributed by atoms with Crippen LogP contribution in [0.4, 0.5) is 22.0 Å². The van der Waals surface area contributed by atoms with Gasteiger partial charge >= 0.3 is 6.36 Å². The van der Waals surface area contributed by atoms with Crippen molar-refractivity contribution >= 4 is 27.5 Å². The van der Waals surface area contributed by atoms with Crippen molar-refractivity contribution < 1.29 is 26.7 Å². The molecule has 0 saturated carbocycles. The van der Waals surface area contributed by atoms with Crippen LogP contribution in [0.1, 0.15) is 17.6 Å². The lowest BCUT2D eigenvalue weighted by Crippen LogP contribution is -2.19. The van der Waals surface area contributed by atoms with Gasteiger partial charge in [0.25, 0.3) is 6.43 Å². The van der Waals surface area contributed by atoms with Crippen LogP contribution in [0, 0.1) is 0 Å². The Morgan fingerprint density at radius 2 is 2.00 bits per heavy atom. The average Bonchev–Trinajstić information content (AvgIpc) is 2.14. The quantitative estimate of drug-likeness (QED) is 0.462. The summed E-state index contributed by atoms with van der Waals surface area (Å²) in [5.74, 6) is -1.35. The van der Waals surface area contributed by atoms with Crippen molar-refractivity contribution in [1.82, 2.24) is 4.98 Å². The highest BCUT2D eigenvalue weighted by Crippen LogP contribution is 2.34. The van der Waals surface area contributed by atoms with Gasteiger partial charge in [-0.15, -0.1) is 24.8 Å². The summed E-state index contributed by atoms with van der Waals surface area (Å²) in [5, 5.41) is 0. The zero-order chi connectivity index (χ0) is 13.2. The highest BCUT2D eigenvalue weighted by atomic mass is 79.9. The van der Waals surface area contributed by atoms with Gasteiger partial charge in [0.15, 0.2) is 0 Å². The second-order valence-corrected chi connectivity index (χ2v) is 3.83. The number of hydrogen-bond acceptors (Lipinski definition) is 2. The zero-order valence-electron chi connectivity index (χ0n) is 7.86. The Kier molecular flexibility index (Phi) is 4.54. The molecule has 0 amide bonds. The highest BCUT2D eigenvalue weighted by molar-refractivity contribution is 9.10. The molecule has 0 unspecified atom stereocenters. The molecule has 0 aliphatic heterocycles. The average molecular weight is 340 g/mol. The van der Waals surface area contributed by atoms with E-state index in [4.69, 9.17) is 11.6 Å². The van der Waals surface area contributed by atoms with E-state index in [1.54, 1.807) is 0 Å². The number of rotatable bonds is 3. The lowest BCUT2D eigenvalue weighted by atomic mass is 10.2. The summed E-state index contributed by atoms with van der Waals surface area (Å²) in [4.78, 5) is 3.26. The van der Waals surface area contributed by atoms with Gasteiger partial charge in [-0.25, -0.2) is 13.8 Å². The minimum absolute atomic E-state index is 0.0730. The molecule has 0 spiro atoms. The fraction of sp³-hybridized carbons (Fsp3) is 0.375. The van der Waals surface area contributed by atoms with Gasteiger partial charge < -0.3 is 4.74 Å². The molecule has 0 aromatic carbocycles. The smallest absolute Gasteiger partial charge is 0.387 e. The number of aromatic nitrogens is 1.